The monoisotopic (exact) mass is 347 g/mol. The van der Waals surface area contributed by atoms with Gasteiger partial charge in [-0.05, 0) is 18.2 Å². The minimum atomic E-state index is -1.39. The molecule has 0 bridgehead atoms. The molecule has 1 N–H and O–H groups in total. The summed E-state index contributed by atoms with van der Waals surface area (Å²) in [5.41, 5.74) is 1.34. The fourth-order valence-corrected chi connectivity index (χ4v) is 2.23. The second-order valence-corrected chi connectivity index (χ2v) is 5.12. The van der Waals surface area contributed by atoms with E-state index in [2.05, 4.69) is 20.4 Å². The van der Waals surface area contributed by atoms with E-state index in [1.54, 1.807) is 25.3 Å². The number of fused-ring (bicyclic) bond motifs is 1. The molecule has 0 unspecified atom stereocenters. The van der Waals surface area contributed by atoms with E-state index >= 15 is 0 Å². The van der Waals surface area contributed by atoms with Gasteiger partial charge < -0.3 is 20.0 Å². The molecule has 0 aliphatic rings. The van der Waals surface area contributed by atoms with Crippen molar-refractivity contribution in [2.45, 2.75) is 13.3 Å². The van der Waals surface area contributed by atoms with Gasteiger partial charge >= 0.3 is 18.9 Å². The largest absolute Gasteiger partial charge is 1.00 e. The average molecular weight is 347 g/mol. The predicted molar refractivity (Wildman–Crippen MR) is 86.0 cm³/mol. The number of anilines is 1. The number of hydrogen-bond acceptors (Lipinski definition) is 7. The third kappa shape index (κ3) is 3.85. The molecule has 0 atom stereocenters. The molecule has 0 aliphatic carbocycles. The molecule has 3 heterocycles. The number of carbonyl (C=O) groups excluding carboxylic acids is 2. The number of pyridine rings is 1. The number of hydrogen-bond donors (Lipinski definition) is 1. The van der Waals surface area contributed by atoms with Crippen LogP contribution in [0.25, 0.3) is 16.9 Å². The molecule has 0 radical (unpaired) electrons. The van der Waals surface area contributed by atoms with Gasteiger partial charge in [0.05, 0.1) is 30.5 Å². The van der Waals surface area contributed by atoms with Crippen LogP contribution in [0.5, 0.6) is 5.88 Å². The van der Waals surface area contributed by atoms with Gasteiger partial charge in [-0.2, -0.15) is 5.10 Å². The van der Waals surface area contributed by atoms with Gasteiger partial charge in [0.15, 0.2) is 11.5 Å². The Bertz CT molecular complexity index is 972. The van der Waals surface area contributed by atoms with E-state index in [1.807, 2.05) is 0 Å². The normalized spacial score (nSPS) is 10.2. The second kappa shape index (κ2) is 7.99. The Morgan fingerprint density at radius 1 is 1.35 bits per heavy atom. The molecule has 0 aromatic carbocycles. The van der Waals surface area contributed by atoms with Crippen LogP contribution in [0.2, 0.25) is 0 Å². The van der Waals surface area contributed by atoms with Crippen LogP contribution in [0, 0.1) is 0 Å². The number of nitrogens with zero attached hydrogens (tertiary/aromatic N) is 4. The Morgan fingerprint density at radius 2 is 2.12 bits per heavy atom. The maximum atomic E-state index is 11.4. The zero-order valence-electron chi connectivity index (χ0n) is 14.5. The van der Waals surface area contributed by atoms with Crippen LogP contribution in [0.3, 0.4) is 0 Å². The number of methoxy groups -OCH3 is 1. The molecule has 3 rings (SSSR count). The van der Waals surface area contributed by atoms with E-state index in [4.69, 9.17) is 4.74 Å². The van der Waals surface area contributed by atoms with Gasteiger partial charge in [-0.3, -0.25) is 4.79 Å². The van der Waals surface area contributed by atoms with Gasteiger partial charge in [0.2, 0.25) is 11.8 Å². The number of aromatic nitrogens is 4. The van der Waals surface area contributed by atoms with E-state index < -0.39 is 5.97 Å². The molecule has 0 aliphatic heterocycles. The van der Waals surface area contributed by atoms with Crippen molar-refractivity contribution in [3.8, 4) is 17.1 Å². The third-order valence-electron chi connectivity index (χ3n) is 3.47. The Hall–Kier alpha value is -2.89. The minimum Gasteiger partial charge on any atom is -0.545 e. The summed E-state index contributed by atoms with van der Waals surface area (Å²) in [6, 6.07) is 4.76. The summed E-state index contributed by atoms with van der Waals surface area (Å²) >= 11 is 0. The van der Waals surface area contributed by atoms with Gasteiger partial charge in [0.25, 0.3) is 0 Å². The molecular formula is C16H14LiN5O4. The molecule has 0 saturated heterocycles. The summed E-state index contributed by atoms with van der Waals surface area (Å²) in [6.07, 6.45) is 3.37. The predicted octanol–water partition coefficient (Wildman–Crippen LogP) is -2.48. The number of aromatic carboxylic acids is 1. The zero-order valence-corrected chi connectivity index (χ0v) is 14.5. The van der Waals surface area contributed by atoms with Crippen LogP contribution in [0.4, 0.5) is 5.82 Å². The Labute approximate surface area is 160 Å². The Balaban J connectivity index is 0.00000243. The number of carboxylic acid groups (broad SMARTS) is 1. The van der Waals surface area contributed by atoms with Crippen LogP contribution < -0.4 is 34.0 Å². The van der Waals surface area contributed by atoms with E-state index in [0.29, 0.717) is 29.1 Å². The molecule has 3 aromatic heterocycles. The Kier molecular flexibility index (Phi) is 5.97. The summed E-state index contributed by atoms with van der Waals surface area (Å²) in [5.74, 6) is -1.18. The molecule has 0 saturated carbocycles. The zero-order chi connectivity index (χ0) is 18.0. The number of carboxylic acids is 1. The van der Waals surface area contributed by atoms with Crippen LogP contribution in [0.1, 0.15) is 23.7 Å². The van der Waals surface area contributed by atoms with Gasteiger partial charge in [0.1, 0.15) is 0 Å². The Morgan fingerprint density at radius 3 is 2.77 bits per heavy atom. The van der Waals surface area contributed by atoms with Crippen molar-refractivity contribution in [3.63, 3.8) is 0 Å². The SMILES string of the molecule is CCC(=O)Nc1cn2nc(-c3cnc(OC)c(C(=O)[O-])c3)ccc2n1.[Li+]. The number of amides is 1. The number of nitrogens with one attached hydrogen (secondary N) is 1. The van der Waals surface area contributed by atoms with Gasteiger partial charge in [-0.1, -0.05) is 6.92 Å². The smallest absolute Gasteiger partial charge is 0.545 e. The van der Waals surface area contributed by atoms with Crippen LogP contribution in [-0.2, 0) is 4.79 Å². The molecule has 3 aromatic rings. The topological polar surface area (TPSA) is 122 Å². The van der Waals surface area contributed by atoms with E-state index in [-0.39, 0.29) is 36.2 Å². The van der Waals surface area contributed by atoms with Crippen molar-refractivity contribution in [1.29, 1.82) is 0 Å². The van der Waals surface area contributed by atoms with Crippen molar-refractivity contribution in [2.75, 3.05) is 12.4 Å². The first-order chi connectivity index (χ1) is 12.0. The summed E-state index contributed by atoms with van der Waals surface area (Å²) < 4.78 is 6.40. The number of ether oxygens (including phenoxy) is 1. The first-order valence-electron chi connectivity index (χ1n) is 7.44. The first-order valence-corrected chi connectivity index (χ1v) is 7.44. The molecule has 128 valence electrons. The van der Waals surface area contributed by atoms with Crippen LogP contribution in [-0.4, -0.2) is 38.6 Å². The molecule has 0 spiro atoms. The van der Waals surface area contributed by atoms with Gasteiger partial charge in [-0.15, -0.1) is 0 Å². The van der Waals surface area contributed by atoms with Crippen molar-refractivity contribution in [3.05, 3.63) is 36.2 Å². The summed E-state index contributed by atoms with van der Waals surface area (Å²) in [7, 11) is 1.33. The number of carbonyl (C=O) groups is 2. The fourth-order valence-electron chi connectivity index (χ4n) is 2.23. The maximum absolute atomic E-state index is 11.4. The van der Waals surface area contributed by atoms with Crippen molar-refractivity contribution >= 4 is 23.3 Å². The molecule has 26 heavy (non-hydrogen) atoms. The van der Waals surface area contributed by atoms with Gasteiger partial charge in [-0.25, -0.2) is 14.5 Å². The average Bonchev–Trinajstić information content (AvgIpc) is 3.02. The number of imidazole rings is 1. The van der Waals surface area contributed by atoms with Crippen LogP contribution in [0.15, 0.2) is 30.6 Å². The van der Waals surface area contributed by atoms with Crippen molar-refractivity contribution < 1.29 is 38.3 Å². The quantitative estimate of drug-likeness (QED) is 0.507. The summed E-state index contributed by atoms with van der Waals surface area (Å²) in [4.78, 5) is 30.9. The van der Waals surface area contributed by atoms with Crippen molar-refractivity contribution in [2.24, 2.45) is 0 Å². The molecular weight excluding hydrogens is 333 g/mol. The minimum absolute atomic E-state index is 0. The van der Waals surface area contributed by atoms with Gasteiger partial charge in [0, 0.05) is 18.2 Å². The standard InChI is InChI=1S/C16H15N5O4.Li/c1-3-14(22)19-12-8-21-13(18-12)5-4-11(20-21)9-6-10(16(23)24)15(25-2)17-7-9;/h4-8H,3H2,1-2H3,(H,19,22)(H,23,24);/q;+1/p-1. The third-order valence-corrected chi connectivity index (χ3v) is 3.47. The summed E-state index contributed by atoms with van der Waals surface area (Å²) in [6.45, 7) is 1.74. The maximum Gasteiger partial charge on any atom is 1.00 e. The molecule has 1 amide bonds. The first kappa shape index (κ1) is 19.4. The number of rotatable bonds is 5. The van der Waals surface area contributed by atoms with E-state index in [0.717, 1.165) is 0 Å². The van der Waals surface area contributed by atoms with E-state index in [9.17, 15) is 14.7 Å². The molecule has 0 fully saturated rings. The van der Waals surface area contributed by atoms with Crippen molar-refractivity contribution in [1.82, 2.24) is 19.6 Å². The fraction of sp³-hybridized carbons (Fsp3) is 0.188. The second-order valence-electron chi connectivity index (χ2n) is 5.12. The van der Waals surface area contributed by atoms with Crippen LogP contribution >= 0.6 is 0 Å². The molecule has 10 heteroatoms. The van der Waals surface area contributed by atoms with E-state index in [1.165, 1.54) is 23.9 Å². The summed E-state index contributed by atoms with van der Waals surface area (Å²) in [5, 5.41) is 18.2. The molecule has 9 nitrogen and oxygen atoms in total.